The molecule has 30 heavy (non-hydrogen) atoms. The molecule has 0 radical (unpaired) electrons. The number of carboxylic acids is 2. The largest absolute Gasteiger partial charge is 0.481 e. The van der Waals surface area contributed by atoms with Gasteiger partial charge in [-0.05, 0) is 18.1 Å². The molecule has 162 valence electrons. The lowest BCUT2D eigenvalue weighted by molar-refractivity contribution is -0.142. The Morgan fingerprint density at radius 1 is 1.03 bits per heavy atom. The summed E-state index contributed by atoms with van der Waals surface area (Å²) in [6.07, 6.45) is 1.14. The number of aliphatic carboxylic acids is 2. The van der Waals surface area contributed by atoms with Crippen molar-refractivity contribution in [2.24, 2.45) is 5.73 Å². The molecule has 2 rings (SSSR count). The summed E-state index contributed by atoms with van der Waals surface area (Å²) in [5.41, 5.74) is 7.07. The van der Waals surface area contributed by atoms with Gasteiger partial charge in [0.15, 0.2) is 0 Å². The molecule has 1 heterocycles. The Kier molecular flexibility index (Phi) is 7.90. The third-order valence-corrected chi connectivity index (χ3v) is 4.54. The molecule has 0 bridgehead atoms. The van der Waals surface area contributed by atoms with Gasteiger partial charge in [0.25, 0.3) is 0 Å². The quantitative estimate of drug-likeness (QED) is 0.239. The number of hydrogen-bond donors (Lipinski definition) is 7. The molecule has 11 heteroatoms. The molecule has 0 aliphatic rings. The maximum absolute atomic E-state index is 12.4. The number of fused-ring (bicyclic) bond motifs is 1. The fourth-order valence-electron chi connectivity index (χ4n) is 2.88. The number of carbonyl (C=O) groups excluding carboxylic acids is 2. The second-order valence-corrected chi connectivity index (χ2v) is 6.75. The Balaban J connectivity index is 2.02. The number of aliphatic hydroxyl groups excluding tert-OH is 1. The number of carbonyl (C=O) groups is 4. The standard InChI is InChI=1S/C19H24N4O7/c20-12(5-6-16(25)26)17(27)23-15(9-24)18(28)22-14(19(29)30)7-10-8-21-13-4-2-1-3-11(10)13/h1-4,8,12,14-15,21,24H,5-7,9,20H2,(H,22,28)(H,23,27)(H,25,26)(H,29,30). The van der Waals surface area contributed by atoms with E-state index in [1.54, 1.807) is 12.3 Å². The Bertz CT molecular complexity index is 926. The Hall–Kier alpha value is -3.44. The minimum absolute atomic E-state index is 0.0185. The molecule has 2 aromatic rings. The highest BCUT2D eigenvalue weighted by atomic mass is 16.4. The number of benzene rings is 1. The molecule has 8 N–H and O–H groups in total. The van der Waals surface area contributed by atoms with Gasteiger partial charge in [0.2, 0.25) is 11.8 Å². The van der Waals surface area contributed by atoms with E-state index in [1.165, 1.54) is 0 Å². The van der Waals surface area contributed by atoms with Gasteiger partial charge in [-0.3, -0.25) is 14.4 Å². The molecule has 11 nitrogen and oxygen atoms in total. The number of hydrogen-bond acceptors (Lipinski definition) is 6. The molecule has 3 unspecified atom stereocenters. The van der Waals surface area contributed by atoms with Crippen molar-refractivity contribution in [2.75, 3.05) is 6.61 Å². The first-order valence-electron chi connectivity index (χ1n) is 9.19. The Morgan fingerprint density at radius 3 is 2.33 bits per heavy atom. The summed E-state index contributed by atoms with van der Waals surface area (Å²) in [5, 5.41) is 32.9. The van der Waals surface area contributed by atoms with Gasteiger partial charge in [-0.25, -0.2) is 4.79 Å². The summed E-state index contributed by atoms with van der Waals surface area (Å²) in [6.45, 7) is -0.789. The van der Waals surface area contributed by atoms with E-state index in [2.05, 4.69) is 15.6 Å². The summed E-state index contributed by atoms with van der Waals surface area (Å²) in [4.78, 5) is 49.6. The topological polar surface area (TPSA) is 195 Å². The predicted octanol–water partition coefficient (Wildman–Crippen LogP) is -1.05. The van der Waals surface area contributed by atoms with Gasteiger partial charge in [-0.2, -0.15) is 0 Å². The molecule has 0 aliphatic heterocycles. The third-order valence-electron chi connectivity index (χ3n) is 4.54. The molecule has 0 spiro atoms. The maximum Gasteiger partial charge on any atom is 0.326 e. The van der Waals surface area contributed by atoms with Gasteiger partial charge in [0, 0.05) is 29.9 Å². The summed E-state index contributed by atoms with van der Waals surface area (Å²) in [6, 6.07) is 3.36. The average Bonchev–Trinajstić information content (AvgIpc) is 3.12. The number of nitrogens with two attached hydrogens (primary N) is 1. The van der Waals surface area contributed by atoms with Crippen LogP contribution < -0.4 is 16.4 Å². The van der Waals surface area contributed by atoms with Gasteiger partial charge in [0.1, 0.15) is 12.1 Å². The number of aromatic amines is 1. The first kappa shape index (κ1) is 22.8. The van der Waals surface area contributed by atoms with Crippen LogP contribution in [-0.2, 0) is 25.6 Å². The van der Waals surface area contributed by atoms with Gasteiger partial charge >= 0.3 is 11.9 Å². The lowest BCUT2D eigenvalue weighted by atomic mass is 10.0. The van der Waals surface area contributed by atoms with Crippen LogP contribution in [0, 0.1) is 0 Å². The maximum atomic E-state index is 12.4. The van der Waals surface area contributed by atoms with Crippen molar-refractivity contribution in [1.29, 1.82) is 0 Å². The van der Waals surface area contributed by atoms with Crippen LogP contribution in [0.3, 0.4) is 0 Å². The average molecular weight is 420 g/mol. The lowest BCUT2D eigenvalue weighted by Gasteiger charge is -2.21. The number of aromatic nitrogens is 1. The molecule has 3 atom stereocenters. The fraction of sp³-hybridized carbons (Fsp3) is 0.368. The zero-order valence-corrected chi connectivity index (χ0v) is 16.0. The van der Waals surface area contributed by atoms with E-state index in [9.17, 15) is 29.4 Å². The third kappa shape index (κ3) is 6.03. The Morgan fingerprint density at radius 2 is 1.70 bits per heavy atom. The first-order valence-corrected chi connectivity index (χ1v) is 9.19. The van der Waals surface area contributed by atoms with Gasteiger partial charge in [-0.1, -0.05) is 18.2 Å². The number of nitrogens with one attached hydrogen (secondary N) is 3. The summed E-state index contributed by atoms with van der Waals surface area (Å²) < 4.78 is 0. The highest BCUT2D eigenvalue weighted by Crippen LogP contribution is 2.19. The monoisotopic (exact) mass is 420 g/mol. The highest BCUT2D eigenvalue weighted by molar-refractivity contribution is 5.92. The number of rotatable bonds is 11. The minimum atomic E-state index is -1.43. The zero-order valence-electron chi connectivity index (χ0n) is 16.0. The minimum Gasteiger partial charge on any atom is -0.481 e. The van der Waals surface area contributed by atoms with Crippen molar-refractivity contribution in [3.63, 3.8) is 0 Å². The zero-order chi connectivity index (χ0) is 22.3. The van der Waals surface area contributed by atoms with Crippen LogP contribution in [0.1, 0.15) is 18.4 Å². The van der Waals surface area contributed by atoms with E-state index in [4.69, 9.17) is 10.8 Å². The SMILES string of the molecule is NC(CCC(=O)O)C(=O)NC(CO)C(=O)NC(Cc1c[nH]c2ccccc12)C(=O)O. The highest BCUT2D eigenvalue weighted by Gasteiger charge is 2.28. The van der Waals surface area contributed by atoms with Crippen molar-refractivity contribution in [3.05, 3.63) is 36.0 Å². The van der Waals surface area contributed by atoms with Gasteiger partial charge < -0.3 is 36.7 Å². The van der Waals surface area contributed by atoms with E-state index in [0.717, 1.165) is 10.9 Å². The molecule has 0 saturated carbocycles. The van der Waals surface area contributed by atoms with E-state index < -0.39 is 48.5 Å². The molecule has 0 saturated heterocycles. The number of aliphatic hydroxyl groups is 1. The fourth-order valence-corrected chi connectivity index (χ4v) is 2.88. The van der Waals surface area contributed by atoms with E-state index in [-0.39, 0.29) is 19.3 Å². The van der Waals surface area contributed by atoms with Crippen LogP contribution in [-0.4, -0.2) is 68.8 Å². The molecule has 0 fully saturated rings. The van der Waals surface area contributed by atoms with E-state index in [1.807, 2.05) is 18.2 Å². The molecular weight excluding hydrogens is 396 g/mol. The second kappa shape index (κ2) is 10.4. The van der Waals surface area contributed by atoms with Crippen molar-refractivity contribution in [1.82, 2.24) is 15.6 Å². The van der Waals surface area contributed by atoms with Gasteiger partial charge in [0.05, 0.1) is 12.6 Å². The van der Waals surface area contributed by atoms with Crippen LogP contribution in [0.15, 0.2) is 30.5 Å². The summed E-state index contributed by atoms with van der Waals surface area (Å²) in [7, 11) is 0. The van der Waals surface area contributed by atoms with Gasteiger partial charge in [-0.15, -0.1) is 0 Å². The smallest absolute Gasteiger partial charge is 0.326 e. The molecular formula is C19H24N4O7. The van der Waals surface area contributed by atoms with Crippen molar-refractivity contribution in [3.8, 4) is 0 Å². The molecule has 1 aromatic carbocycles. The first-order chi connectivity index (χ1) is 14.2. The second-order valence-electron chi connectivity index (χ2n) is 6.75. The number of amides is 2. The van der Waals surface area contributed by atoms with Crippen LogP contribution >= 0.6 is 0 Å². The predicted molar refractivity (Wildman–Crippen MR) is 105 cm³/mol. The normalized spacial score (nSPS) is 13.9. The number of H-pyrrole nitrogens is 1. The van der Waals surface area contributed by atoms with Crippen LogP contribution in [0.5, 0.6) is 0 Å². The summed E-state index contributed by atoms with van der Waals surface area (Å²) in [5.74, 6) is -4.14. The number of carboxylic acid groups (broad SMARTS) is 2. The van der Waals surface area contributed by atoms with Crippen LogP contribution in [0.2, 0.25) is 0 Å². The lowest BCUT2D eigenvalue weighted by Crippen LogP contribution is -2.56. The molecule has 1 aromatic heterocycles. The number of para-hydroxylation sites is 1. The summed E-state index contributed by atoms with van der Waals surface area (Å²) >= 11 is 0. The van der Waals surface area contributed by atoms with E-state index in [0.29, 0.717) is 5.56 Å². The van der Waals surface area contributed by atoms with E-state index >= 15 is 0 Å². The van der Waals surface area contributed by atoms with Crippen molar-refractivity contribution in [2.45, 2.75) is 37.4 Å². The molecule has 2 amide bonds. The van der Waals surface area contributed by atoms with Crippen LogP contribution in [0.4, 0.5) is 0 Å². The Labute approximate surface area is 171 Å². The van der Waals surface area contributed by atoms with Crippen molar-refractivity contribution < 1.29 is 34.5 Å². The van der Waals surface area contributed by atoms with Crippen molar-refractivity contribution >= 4 is 34.7 Å². The molecule has 0 aliphatic carbocycles. The van der Waals surface area contributed by atoms with Crippen LogP contribution in [0.25, 0.3) is 10.9 Å².